The number of ether oxygens (including phenoxy) is 1. The van der Waals surface area contributed by atoms with Crippen LogP contribution in [0.2, 0.25) is 0 Å². The third-order valence-corrected chi connectivity index (χ3v) is 6.58. The lowest BCUT2D eigenvalue weighted by molar-refractivity contribution is -0.117. The molecule has 1 fully saturated rings. The molecule has 1 aliphatic rings. The number of methoxy groups -OCH3 is 1. The van der Waals surface area contributed by atoms with Crippen molar-refractivity contribution < 1.29 is 17.9 Å². The minimum absolute atomic E-state index is 0.0230. The van der Waals surface area contributed by atoms with Crippen molar-refractivity contribution in [3.8, 4) is 5.75 Å². The summed E-state index contributed by atoms with van der Waals surface area (Å²) < 4.78 is 33.9. The largest absolute Gasteiger partial charge is 0.495 e. The molecule has 0 radical (unpaired) electrons. The van der Waals surface area contributed by atoms with Gasteiger partial charge in [-0.2, -0.15) is 0 Å². The normalized spacial score (nSPS) is 15.7. The van der Waals surface area contributed by atoms with Gasteiger partial charge in [0.2, 0.25) is 15.9 Å². The van der Waals surface area contributed by atoms with Crippen molar-refractivity contribution >= 4 is 21.6 Å². The monoisotopic (exact) mass is 402 g/mol. The van der Waals surface area contributed by atoms with E-state index in [0.29, 0.717) is 24.4 Å². The van der Waals surface area contributed by atoms with E-state index >= 15 is 0 Å². The molecule has 0 saturated carbocycles. The summed E-state index contributed by atoms with van der Waals surface area (Å²) in [6, 6.07) is 12.1. The number of benzene rings is 2. The van der Waals surface area contributed by atoms with E-state index in [-0.39, 0.29) is 16.8 Å². The number of sulfonamides is 1. The SMILES string of the molecule is CCc1ccc(C(C)NS(=O)(=O)c2ccc(OC)c(N3CCCC3=O)c2)cc1. The highest BCUT2D eigenvalue weighted by Crippen LogP contribution is 2.34. The zero-order chi connectivity index (χ0) is 20.3. The van der Waals surface area contributed by atoms with Gasteiger partial charge in [0, 0.05) is 19.0 Å². The van der Waals surface area contributed by atoms with Crippen LogP contribution >= 0.6 is 0 Å². The molecule has 1 aliphatic heterocycles. The minimum Gasteiger partial charge on any atom is -0.495 e. The Morgan fingerprint density at radius 1 is 1.18 bits per heavy atom. The van der Waals surface area contributed by atoms with Crippen molar-refractivity contribution in [1.82, 2.24) is 4.72 Å². The van der Waals surface area contributed by atoms with Gasteiger partial charge in [0.1, 0.15) is 5.75 Å². The number of carbonyl (C=O) groups excluding carboxylic acids is 1. The molecule has 1 amide bonds. The highest BCUT2D eigenvalue weighted by atomic mass is 32.2. The van der Waals surface area contributed by atoms with Crippen LogP contribution in [0.3, 0.4) is 0 Å². The zero-order valence-electron chi connectivity index (χ0n) is 16.4. The lowest BCUT2D eigenvalue weighted by Crippen LogP contribution is -2.28. The second-order valence-electron chi connectivity index (χ2n) is 6.92. The number of carbonyl (C=O) groups is 1. The van der Waals surface area contributed by atoms with Crippen LogP contribution in [0.1, 0.15) is 43.9 Å². The lowest BCUT2D eigenvalue weighted by atomic mass is 10.1. The standard InChI is InChI=1S/C21H26N2O4S/c1-4-16-7-9-17(10-8-16)15(2)22-28(25,26)18-11-12-20(27-3)19(14-18)23-13-5-6-21(23)24/h7-12,14-15,22H,4-6,13H2,1-3H3. The Balaban J connectivity index is 1.87. The summed E-state index contributed by atoms with van der Waals surface area (Å²) in [5.41, 5.74) is 2.59. The molecule has 1 unspecified atom stereocenters. The van der Waals surface area contributed by atoms with Gasteiger partial charge >= 0.3 is 0 Å². The van der Waals surface area contributed by atoms with Crippen LogP contribution in [0.5, 0.6) is 5.75 Å². The maximum atomic E-state index is 12.9. The average Bonchev–Trinajstić information content (AvgIpc) is 3.12. The van der Waals surface area contributed by atoms with Gasteiger partial charge in [-0.3, -0.25) is 4.79 Å². The molecule has 6 nitrogen and oxygen atoms in total. The van der Waals surface area contributed by atoms with E-state index in [1.54, 1.807) is 11.0 Å². The van der Waals surface area contributed by atoms with Gasteiger partial charge in [-0.1, -0.05) is 31.2 Å². The van der Waals surface area contributed by atoms with Crippen molar-refractivity contribution in [2.24, 2.45) is 0 Å². The van der Waals surface area contributed by atoms with Crippen LogP contribution < -0.4 is 14.4 Å². The molecule has 2 aromatic carbocycles. The molecule has 7 heteroatoms. The highest BCUT2D eigenvalue weighted by Gasteiger charge is 2.27. The van der Waals surface area contributed by atoms with Crippen LogP contribution in [-0.4, -0.2) is 28.0 Å². The summed E-state index contributed by atoms with van der Waals surface area (Å²) in [7, 11) is -2.25. The van der Waals surface area contributed by atoms with E-state index in [9.17, 15) is 13.2 Å². The predicted molar refractivity (Wildman–Crippen MR) is 109 cm³/mol. The maximum Gasteiger partial charge on any atom is 0.241 e. The zero-order valence-corrected chi connectivity index (χ0v) is 17.3. The van der Waals surface area contributed by atoms with E-state index < -0.39 is 10.0 Å². The van der Waals surface area contributed by atoms with E-state index in [1.807, 2.05) is 31.2 Å². The lowest BCUT2D eigenvalue weighted by Gasteiger charge is -2.21. The molecule has 1 heterocycles. The highest BCUT2D eigenvalue weighted by molar-refractivity contribution is 7.89. The fourth-order valence-electron chi connectivity index (χ4n) is 3.36. The fourth-order valence-corrected chi connectivity index (χ4v) is 4.61. The summed E-state index contributed by atoms with van der Waals surface area (Å²) >= 11 is 0. The molecular weight excluding hydrogens is 376 g/mol. The van der Waals surface area contributed by atoms with Crippen molar-refractivity contribution in [2.45, 2.75) is 44.0 Å². The average molecular weight is 403 g/mol. The topological polar surface area (TPSA) is 75.7 Å². The van der Waals surface area contributed by atoms with Gasteiger partial charge in [-0.15, -0.1) is 0 Å². The minimum atomic E-state index is -3.76. The summed E-state index contributed by atoms with van der Waals surface area (Å²) in [6.07, 6.45) is 2.15. The molecule has 1 atom stereocenters. The number of nitrogens with zero attached hydrogens (tertiary/aromatic N) is 1. The third kappa shape index (κ3) is 4.20. The Kier molecular flexibility index (Phi) is 6.05. The molecule has 3 rings (SSSR count). The second kappa shape index (κ2) is 8.32. The quantitative estimate of drug-likeness (QED) is 0.770. The number of hydrogen-bond acceptors (Lipinski definition) is 4. The molecule has 150 valence electrons. The molecule has 0 aromatic heterocycles. The predicted octanol–water partition coefficient (Wildman–Crippen LogP) is 3.42. The van der Waals surface area contributed by atoms with Crippen LogP contribution in [0, 0.1) is 0 Å². The number of anilines is 1. The first-order valence-corrected chi connectivity index (χ1v) is 10.9. The van der Waals surface area contributed by atoms with Gasteiger partial charge < -0.3 is 9.64 Å². The van der Waals surface area contributed by atoms with Crippen molar-refractivity contribution in [2.75, 3.05) is 18.6 Å². The summed E-state index contributed by atoms with van der Waals surface area (Å²) in [5, 5.41) is 0. The number of rotatable bonds is 7. The Hall–Kier alpha value is -2.38. The van der Waals surface area contributed by atoms with Crippen LogP contribution in [-0.2, 0) is 21.2 Å². The Labute approximate surface area is 166 Å². The smallest absolute Gasteiger partial charge is 0.241 e. The molecule has 0 aliphatic carbocycles. The molecule has 0 bridgehead atoms. The molecule has 1 saturated heterocycles. The van der Waals surface area contributed by atoms with Gasteiger partial charge in [0.05, 0.1) is 17.7 Å². The number of amides is 1. The van der Waals surface area contributed by atoms with Crippen LogP contribution in [0.15, 0.2) is 47.4 Å². The van der Waals surface area contributed by atoms with Crippen molar-refractivity contribution in [3.05, 3.63) is 53.6 Å². The molecule has 0 spiro atoms. The van der Waals surface area contributed by atoms with Gasteiger partial charge in [0.25, 0.3) is 0 Å². The summed E-state index contributed by atoms with van der Waals surface area (Å²) in [6.45, 7) is 4.45. The Morgan fingerprint density at radius 2 is 1.89 bits per heavy atom. The number of nitrogens with one attached hydrogen (secondary N) is 1. The van der Waals surface area contributed by atoms with Crippen molar-refractivity contribution in [1.29, 1.82) is 0 Å². The van der Waals surface area contributed by atoms with E-state index in [0.717, 1.165) is 18.4 Å². The van der Waals surface area contributed by atoms with Gasteiger partial charge in [-0.05, 0) is 49.1 Å². The number of aryl methyl sites for hydroxylation is 1. The fraction of sp³-hybridized carbons (Fsp3) is 0.381. The van der Waals surface area contributed by atoms with Crippen molar-refractivity contribution in [3.63, 3.8) is 0 Å². The molecule has 28 heavy (non-hydrogen) atoms. The van der Waals surface area contributed by atoms with Gasteiger partial charge in [-0.25, -0.2) is 13.1 Å². The molecular formula is C21H26N2O4S. The Morgan fingerprint density at radius 3 is 2.46 bits per heavy atom. The first-order valence-electron chi connectivity index (χ1n) is 9.45. The third-order valence-electron chi connectivity index (χ3n) is 5.04. The van der Waals surface area contributed by atoms with E-state index in [1.165, 1.54) is 24.8 Å². The van der Waals surface area contributed by atoms with E-state index in [2.05, 4.69) is 11.6 Å². The van der Waals surface area contributed by atoms with E-state index in [4.69, 9.17) is 4.74 Å². The van der Waals surface area contributed by atoms with Gasteiger partial charge in [0.15, 0.2) is 0 Å². The van der Waals surface area contributed by atoms with Crippen LogP contribution in [0.4, 0.5) is 5.69 Å². The first-order chi connectivity index (χ1) is 13.4. The number of hydrogen-bond donors (Lipinski definition) is 1. The maximum absolute atomic E-state index is 12.9. The summed E-state index contributed by atoms with van der Waals surface area (Å²) in [4.78, 5) is 13.8. The first kappa shape index (κ1) is 20.4. The summed E-state index contributed by atoms with van der Waals surface area (Å²) in [5.74, 6) is 0.461. The molecule has 1 N–H and O–H groups in total. The molecule has 2 aromatic rings. The van der Waals surface area contributed by atoms with Crippen LogP contribution in [0.25, 0.3) is 0 Å². The second-order valence-corrected chi connectivity index (χ2v) is 8.63. The Bertz CT molecular complexity index is 955.